The maximum Gasteiger partial charge on any atom is 0.167 e. The molecule has 0 spiro atoms. The van der Waals surface area contributed by atoms with Crippen LogP contribution in [-0.2, 0) is 5.41 Å². The Labute approximate surface area is 176 Å². The van der Waals surface area contributed by atoms with Gasteiger partial charge in [0, 0.05) is 0 Å². The van der Waals surface area contributed by atoms with Gasteiger partial charge >= 0.3 is 0 Å². The van der Waals surface area contributed by atoms with Gasteiger partial charge in [-0.1, -0.05) is 59.1 Å². The smallest absolute Gasteiger partial charge is 0.167 e. The summed E-state index contributed by atoms with van der Waals surface area (Å²) in [6, 6.07) is 17.1. The highest BCUT2D eigenvalue weighted by atomic mass is 35.5. The van der Waals surface area contributed by atoms with Crippen LogP contribution < -0.4 is 0 Å². The first-order chi connectivity index (χ1) is 13.3. The van der Waals surface area contributed by atoms with Crippen LogP contribution in [0.1, 0.15) is 19.5 Å². The normalized spacial score (nSPS) is 11.0. The van der Waals surface area contributed by atoms with Gasteiger partial charge in [0.25, 0.3) is 0 Å². The molecule has 0 atom stereocenters. The fourth-order valence-electron chi connectivity index (χ4n) is 2.39. The third kappa shape index (κ3) is 4.31. The van der Waals surface area contributed by atoms with Crippen molar-refractivity contribution >= 4 is 56.9 Å². The fourth-order valence-corrected chi connectivity index (χ4v) is 3.02. The minimum absolute atomic E-state index is 0.246. The molecule has 2 heterocycles. The van der Waals surface area contributed by atoms with Gasteiger partial charge in [0.15, 0.2) is 15.5 Å². The first-order valence-corrected chi connectivity index (χ1v) is 9.37. The van der Waals surface area contributed by atoms with Crippen molar-refractivity contribution in [2.45, 2.75) is 19.3 Å². The molecule has 0 fully saturated rings. The summed E-state index contributed by atoms with van der Waals surface area (Å²) in [5.41, 5.74) is 2.80. The van der Waals surface area contributed by atoms with Crippen LogP contribution in [0.3, 0.4) is 0 Å². The molecule has 4 rings (SSSR count). The average Bonchev–Trinajstić information content (AvgIpc) is 2.68. The number of hydrogen-bond donors (Lipinski definition) is 0. The van der Waals surface area contributed by atoms with Crippen LogP contribution in [0.5, 0.6) is 0 Å². The van der Waals surface area contributed by atoms with E-state index in [2.05, 4.69) is 26.0 Å². The lowest BCUT2D eigenvalue weighted by Crippen LogP contribution is -2.17. The van der Waals surface area contributed by atoms with E-state index in [9.17, 15) is 0 Å². The van der Waals surface area contributed by atoms with Gasteiger partial charge in [-0.15, -0.1) is 0 Å². The molecule has 0 saturated heterocycles. The third-order valence-corrected chi connectivity index (χ3v) is 4.78. The molecule has 2 aromatic heterocycles. The van der Waals surface area contributed by atoms with Gasteiger partial charge in [-0.2, -0.15) is 5.26 Å². The highest BCUT2D eigenvalue weighted by Gasteiger charge is 2.26. The lowest BCUT2D eigenvalue weighted by molar-refractivity contribution is 0.659. The molecule has 5 nitrogen and oxygen atoms in total. The van der Waals surface area contributed by atoms with E-state index in [1.165, 1.54) is 0 Å². The lowest BCUT2D eigenvalue weighted by atomic mass is 9.91. The highest BCUT2D eigenvalue weighted by Crippen LogP contribution is 2.28. The van der Waals surface area contributed by atoms with Gasteiger partial charge in [0.05, 0.1) is 39.2 Å². The lowest BCUT2D eigenvalue weighted by Gasteiger charge is -2.15. The van der Waals surface area contributed by atoms with Crippen LogP contribution >= 0.6 is 34.8 Å². The maximum atomic E-state index is 9.07. The Hall–Kier alpha value is -2.52. The molecule has 0 unspecified atom stereocenters. The predicted molar refractivity (Wildman–Crippen MR) is 113 cm³/mol. The molecule has 0 amide bonds. The number of halogens is 3. The van der Waals surface area contributed by atoms with Crippen molar-refractivity contribution in [3.05, 3.63) is 69.7 Å². The van der Waals surface area contributed by atoms with Gasteiger partial charge < -0.3 is 0 Å². The van der Waals surface area contributed by atoms with Crippen molar-refractivity contribution < 1.29 is 0 Å². The summed E-state index contributed by atoms with van der Waals surface area (Å²) in [4.78, 5) is 16.7. The van der Waals surface area contributed by atoms with Crippen LogP contribution in [-0.4, -0.2) is 19.9 Å². The molecule has 0 aliphatic heterocycles. The molecule has 140 valence electrons. The zero-order valence-corrected chi connectivity index (χ0v) is 17.3. The first kappa shape index (κ1) is 20.2. The van der Waals surface area contributed by atoms with Gasteiger partial charge in [0.2, 0.25) is 0 Å². The Bertz CT molecular complexity index is 1160. The number of nitrogens with zero attached hydrogens (tertiary/aromatic N) is 5. The SMILES string of the molecule is CC(C)(C#N)c1nc2ccccc2nc1Cl.Clc1nc2ccccc2nc1Cl. The van der Waals surface area contributed by atoms with Crippen molar-refractivity contribution in [3.63, 3.8) is 0 Å². The van der Waals surface area contributed by atoms with Crippen molar-refractivity contribution in [2.75, 3.05) is 0 Å². The van der Waals surface area contributed by atoms with Gasteiger partial charge in [-0.3, -0.25) is 0 Å². The molecular formula is C20H14Cl3N5. The minimum atomic E-state index is -0.728. The quantitative estimate of drug-likeness (QED) is 0.369. The zero-order valence-electron chi connectivity index (χ0n) is 15.0. The number of rotatable bonds is 1. The number of aromatic nitrogens is 4. The predicted octanol–water partition coefficient (Wildman–Crippen LogP) is 6.02. The number of fused-ring (bicyclic) bond motifs is 2. The van der Waals surface area contributed by atoms with Crippen molar-refractivity contribution in [1.82, 2.24) is 19.9 Å². The Morgan fingerprint density at radius 3 is 1.43 bits per heavy atom. The summed E-state index contributed by atoms with van der Waals surface area (Å²) in [6.07, 6.45) is 0. The van der Waals surface area contributed by atoms with E-state index in [-0.39, 0.29) is 10.3 Å². The van der Waals surface area contributed by atoms with Crippen LogP contribution in [0.25, 0.3) is 22.1 Å². The summed E-state index contributed by atoms with van der Waals surface area (Å²) < 4.78 is 0. The number of benzene rings is 2. The summed E-state index contributed by atoms with van der Waals surface area (Å²) >= 11 is 17.4. The summed E-state index contributed by atoms with van der Waals surface area (Å²) in [5, 5.41) is 9.86. The highest BCUT2D eigenvalue weighted by molar-refractivity contribution is 6.40. The maximum absolute atomic E-state index is 9.07. The third-order valence-electron chi connectivity index (χ3n) is 3.89. The fraction of sp³-hybridized carbons (Fsp3) is 0.150. The van der Waals surface area contributed by atoms with Crippen molar-refractivity contribution in [1.29, 1.82) is 5.26 Å². The second-order valence-corrected chi connectivity index (χ2v) is 7.46. The van der Waals surface area contributed by atoms with Gasteiger partial charge in [-0.05, 0) is 38.1 Å². The standard InChI is InChI=1S/C12H10ClN3.C8H4Cl2N2/c1-12(2,7-14)10-11(13)16-9-6-4-3-5-8(9)15-10;9-7-8(10)12-6-4-2-1-3-5(6)11-7/h3-6H,1-2H3;1-4H. The van der Waals surface area contributed by atoms with Crippen LogP contribution in [0.4, 0.5) is 0 Å². The summed E-state index contributed by atoms with van der Waals surface area (Å²) in [7, 11) is 0. The zero-order chi connectivity index (χ0) is 20.3. The van der Waals surface area contributed by atoms with E-state index in [0.717, 1.165) is 22.1 Å². The molecule has 0 aliphatic carbocycles. The number of hydrogen-bond acceptors (Lipinski definition) is 5. The molecule has 28 heavy (non-hydrogen) atoms. The minimum Gasteiger partial charge on any atom is -0.246 e. The first-order valence-electron chi connectivity index (χ1n) is 8.23. The van der Waals surface area contributed by atoms with E-state index < -0.39 is 5.41 Å². The summed E-state index contributed by atoms with van der Waals surface area (Å²) in [5.74, 6) is 0. The van der Waals surface area contributed by atoms with Crippen LogP contribution in [0.15, 0.2) is 48.5 Å². The van der Waals surface area contributed by atoms with E-state index in [1.807, 2.05) is 48.5 Å². The van der Waals surface area contributed by atoms with Gasteiger partial charge in [-0.25, -0.2) is 19.9 Å². The van der Waals surface area contributed by atoms with Gasteiger partial charge in [0.1, 0.15) is 0 Å². The Morgan fingerprint density at radius 2 is 1.04 bits per heavy atom. The van der Waals surface area contributed by atoms with Crippen molar-refractivity contribution in [3.8, 4) is 6.07 Å². The second-order valence-electron chi connectivity index (χ2n) is 6.38. The monoisotopic (exact) mass is 429 g/mol. The van der Waals surface area contributed by atoms with Crippen LogP contribution in [0, 0.1) is 11.3 Å². The number of para-hydroxylation sites is 4. The average molecular weight is 431 g/mol. The van der Waals surface area contributed by atoms with Crippen molar-refractivity contribution in [2.24, 2.45) is 0 Å². The molecule has 0 radical (unpaired) electrons. The van der Waals surface area contributed by atoms with E-state index in [1.54, 1.807) is 13.8 Å². The van der Waals surface area contributed by atoms with Crippen LogP contribution in [0.2, 0.25) is 15.5 Å². The number of nitriles is 1. The molecular weight excluding hydrogens is 417 g/mol. The Kier molecular flexibility index (Phi) is 5.95. The van der Waals surface area contributed by atoms with E-state index >= 15 is 0 Å². The second kappa shape index (κ2) is 8.24. The molecule has 0 aliphatic rings. The van der Waals surface area contributed by atoms with E-state index in [0.29, 0.717) is 10.8 Å². The molecule has 0 saturated carbocycles. The molecule has 4 aromatic rings. The summed E-state index contributed by atoms with van der Waals surface area (Å²) in [6.45, 7) is 3.55. The molecule has 0 bridgehead atoms. The molecule has 0 N–H and O–H groups in total. The largest absolute Gasteiger partial charge is 0.246 e. The Balaban J connectivity index is 0.000000167. The topological polar surface area (TPSA) is 75.3 Å². The Morgan fingerprint density at radius 1 is 0.679 bits per heavy atom. The van der Waals surface area contributed by atoms with E-state index in [4.69, 9.17) is 40.1 Å². The molecule has 2 aromatic carbocycles. The molecule has 8 heteroatoms.